The summed E-state index contributed by atoms with van der Waals surface area (Å²) < 4.78 is 1.68. The third kappa shape index (κ3) is 4.95. The number of aryl methyl sites for hydroxylation is 1. The van der Waals surface area contributed by atoms with Crippen LogP contribution in [-0.4, -0.2) is 27.0 Å². The van der Waals surface area contributed by atoms with Crippen LogP contribution in [0.5, 0.6) is 0 Å². The van der Waals surface area contributed by atoms with Gasteiger partial charge in [0.2, 0.25) is 0 Å². The van der Waals surface area contributed by atoms with Gasteiger partial charge in [-0.25, -0.2) is 9.78 Å². The summed E-state index contributed by atoms with van der Waals surface area (Å²) in [6.07, 6.45) is 0.857. The van der Waals surface area contributed by atoms with Crippen LogP contribution in [0.25, 0.3) is 10.9 Å². The van der Waals surface area contributed by atoms with Crippen LogP contribution in [0.3, 0.4) is 0 Å². The molecule has 31 heavy (non-hydrogen) atoms. The second kappa shape index (κ2) is 9.77. The number of nitrogens with one attached hydrogen (secondary N) is 1. The van der Waals surface area contributed by atoms with Gasteiger partial charge in [0.15, 0.2) is 0 Å². The number of carbonyl (C=O) groups excluding carboxylic acids is 1. The van der Waals surface area contributed by atoms with E-state index in [-0.39, 0.29) is 17.6 Å². The zero-order valence-corrected chi connectivity index (χ0v) is 19.1. The molecule has 0 aliphatic heterocycles. The quantitative estimate of drug-likeness (QED) is 0.559. The fourth-order valence-corrected chi connectivity index (χ4v) is 3.72. The molecule has 1 N–H and O–H groups in total. The highest BCUT2D eigenvalue weighted by Gasteiger charge is 2.26. The first-order chi connectivity index (χ1) is 14.8. The van der Waals surface area contributed by atoms with Gasteiger partial charge in [0.05, 0.1) is 16.9 Å². The van der Waals surface area contributed by atoms with E-state index in [4.69, 9.17) is 4.98 Å². The average Bonchev–Trinajstić information content (AvgIpc) is 2.75. The smallest absolute Gasteiger partial charge is 0.315 e. The number of amides is 2. The Bertz CT molecular complexity index is 1120. The second-order valence-corrected chi connectivity index (χ2v) is 8.33. The van der Waals surface area contributed by atoms with Crippen molar-refractivity contribution in [1.29, 1.82) is 0 Å². The minimum absolute atomic E-state index is 0.0712. The SMILES string of the molecule is CCn1c(C(C)N(CCC(C)C)C(=O)Nc2ccccc2C)nc2ccccc2c1=O. The fourth-order valence-electron chi connectivity index (χ4n) is 3.72. The normalized spacial score (nSPS) is 12.2. The van der Waals surface area contributed by atoms with Gasteiger partial charge in [-0.05, 0) is 56.9 Å². The maximum absolute atomic E-state index is 13.3. The number of anilines is 1. The Kier molecular flexibility index (Phi) is 7.10. The number of para-hydroxylation sites is 2. The van der Waals surface area contributed by atoms with Crippen LogP contribution in [0, 0.1) is 12.8 Å². The molecule has 0 spiro atoms. The average molecular weight is 421 g/mol. The van der Waals surface area contributed by atoms with E-state index >= 15 is 0 Å². The van der Waals surface area contributed by atoms with Crippen LogP contribution in [0.15, 0.2) is 53.3 Å². The number of benzene rings is 2. The van der Waals surface area contributed by atoms with Crippen LogP contribution < -0.4 is 10.9 Å². The Morgan fingerprint density at radius 1 is 1.10 bits per heavy atom. The molecule has 0 fully saturated rings. The highest BCUT2D eigenvalue weighted by atomic mass is 16.2. The van der Waals surface area contributed by atoms with Crippen molar-refractivity contribution in [2.24, 2.45) is 5.92 Å². The van der Waals surface area contributed by atoms with Gasteiger partial charge in [-0.2, -0.15) is 0 Å². The lowest BCUT2D eigenvalue weighted by atomic mass is 10.1. The standard InChI is InChI=1S/C25H32N4O2/c1-6-28-23(26-22-14-10-8-12-20(22)24(28)30)19(5)29(16-15-17(2)3)25(31)27-21-13-9-7-11-18(21)4/h7-14,17,19H,6,15-16H2,1-5H3,(H,27,31). The summed E-state index contributed by atoms with van der Waals surface area (Å²) in [5.74, 6) is 1.05. The summed E-state index contributed by atoms with van der Waals surface area (Å²) in [6, 6.07) is 14.5. The maximum Gasteiger partial charge on any atom is 0.322 e. The van der Waals surface area contributed by atoms with Crippen molar-refractivity contribution in [3.05, 3.63) is 70.3 Å². The van der Waals surface area contributed by atoms with Gasteiger partial charge < -0.3 is 10.2 Å². The molecular weight excluding hydrogens is 388 g/mol. The highest BCUT2D eigenvalue weighted by molar-refractivity contribution is 5.90. The van der Waals surface area contributed by atoms with Crippen molar-refractivity contribution in [2.45, 2.75) is 53.6 Å². The molecule has 0 saturated carbocycles. The van der Waals surface area contributed by atoms with Crippen LogP contribution in [-0.2, 0) is 6.54 Å². The zero-order valence-electron chi connectivity index (χ0n) is 19.1. The Labute approximate surface area is 183 Å². The molecule has 0 aliphatic rings. The molecule has 1 unspecified atom stereocenters. The minimum Gasteiger partial charge on any atom is -0.315 e. The van der Waals surface area contributed by atoms with E-state index in [0.717, 1.165) is 17.7 Å². The third-order valence-corrected chi connectivity index (χ3v) is 5.64. The lowest BCUT2D eigenvalue weighted by molar-refractivity contribution is 0.184. The molecule has 0 bridgehead atoms. The summed E-state index contributed by atoms with van der Waals surface area (Å²) in [4.78, 5) is 33.0. The summed E-state index contributed by atoms with van der Waals surface area (Å²) in [5.41, 5.74) is 2.37. The monoisotopic (exact) mass is 420 g/mol. The molecule has 0 saturated heterocycles. The van der Waals surface area contributed by atoms with Crippen molar-refractivity contribution >= 4 is 22.6 Å². The molecule has 3 rings (SSSR count). The molecule has 1 heterocycles. The third-order valence-electron chi connectivity index (χ3n) is 5.64. The topological polar surface area (TPSA) is 67.2 Å². The number of fused-ring (bicyclic) bond motifs is 1. The van der Waals surface area contributed by atoms with Crippen molar-refractivity contribution in [3.63, 3.8) is 0 Å². The summed E-state index contributed by atoms with van der Waals surface area (Å²) in [7, 11) is 0. The highest BCUT2D eigenvalue weighted by Crippen LogP contribution is 2.23. The van der Waals surface area contributed by atoms with E-state index < -0.39 is 0 Å². The van der Waals surface area contributed by atoms with Gasteiger partial charge in [-0.3, -0.25) is 9.36 Å². The zero-order chi connectivity index (χ0) is 22.5. The predicted octanol–water partition coefficient (Wildman–Crippen LogP) is 5.37. The van der Waals surface area contributed by atoms with Gasteiger partial charge >= 0.3 is 6.03 Å². The van der Waals surface area contributed by atoms with Crippen molar-refractivity contribution in [3.8, 4) is 0 Å². The Morgan fingerprint density at radius 3 is 2.45 bits per heavy atom. The molecule has 0 radical (unpaired) electrons. The van der Waals surface area contributed by atoms with Crippen molar-refractivity contribution < 1.29 is 4.79 Å². The fraction of sp³-hybridized carbons (Fsp3) is 0.400. The van der Waals surface area contributed by atoms with Gasteiger partial charge in [0.25, 0.3) is 5.56 Å². The lowest BCUT2D eigenvalue weighted by Gasteiger charge is -2.31. The summed E-state index contributed by atoms with van der Waals surface area (Å²) >= 11 is 0. The van der Waals surface area contributed by atoms with E-state index in [1.807, 2.05) is 63.2 Å². The molecule has 6 heteroatoms. The number of urea groups is 1. The lowest BCUT2D eigenvalue weighted by Crippen LogP contribution is -2.41. The van der Waals surface area contributed by atoms with Crippen LogP contribution in [0.4, 0.5) is 10.5 Å². The number of hydrogen-bond donors (Lipinski definition) is 1. The molecule has 2 amide bonds. The predicted molar refractivity (Wildman–Crippen MR) is 126 cm³/mol. The van der Waals surface area contributed by atoms with E-state index in [0.29, 0.717) is 35.7 Å². The second-order valence-electron chi connectivity index (χ2n) is 8.33. The molecular formula is C25H32N4O2. The van der Waals surface area contributed by atoms with E-state index in [1.54, 1.807) is 15.5 Å². The molecule has 1 aromatic heterocycles. The summed E-state index contributed by atoms with van der Waals surface area (Å²) in [5, 5.41) is 3.64. The summed E-state index contributed by atoms with van der Waals surface area (Å²) in [6.45, 7) is 11.2. The number of nitrogens with zero attached hydrogens (tertiary/aromatic N) is 3. The Hall–Kier alpha value is -3.15. The van der Waals surface area contributed by atoms with Crippen LogP contribution in [0.2, 0.25) is 0 Å². The van der Waals surface area contributed by atoms with Gasteiger partial charge in [0, 0.05) is 18.8 Å². The molecule has 2 aromatic carbocycles. The van der Waals surface area contributed by atoms with Gasteiger partial charge in [0.1, 0.15) is 5.82 Å². The molecule has 3 aromatic rings. The molecule has 0 aliphatic carbocycles. The minimum atomic E-state index is -0.361. The maximum atomic E-state index is 13.3. The first-order valence-corrected chi connectivity index (χ1v) is 11.0. The van der Waals surface area contributed by atoms with E-state index in [1.165, 1.54) is 0 Å². The van der Waals surface area contributed by atoms with E-state index in [2.05, 4.69) is 19.2 Å². The van der Waals surface area contributed by atoms with Gasteiger partial charge in [-0.1, -0.05) is 44.2 Å². The first kappa shape index (κ1) is 22.5. The first-order valence-electron chi connectivity index (χ1n) is 11.0. The van der Waals surface area contributed by atoms with Gasteiger partial charge in [-0.15, -0.1) is 0 Å². The molecule has 164 valence electrons. The number of hydrogen-bond acceptors (Lipinski definition) is 3. The van der Waals surface area contributed by atoms with Crippen molar-refractivity contribution in [2.75, 3.05) is 11.9 Å². The van der Waals surface area contributed by atoms with Crippen LogP contribution >= 0.6 is 0 Å². The molecule has 1 atom stereocenters. The number of carbonyl (C=O) groups is 1. The van der Waals surface area contributed by atoms with Crippen LogP contribution in [0.1, 0.15) is 51.5 Å². The van der Waals surface area contributed by atoms with Crippen molar-refractivity contribution in [1.82, 2.24) is 14.5 Å². The largest absolute Gasteiger partial charge is 0.322 e. The number of rotatable bonds is 7. The number of aromatic nitrogens is 2. The Balaban J connectivity index is 2.02. The molecule has 6 nitrogen and oxygen atoms in total. The Morgan fingerprint density at radius 2 is 1.77 bits per heavy atom. The van der Waals surface area contributed by atoms with E-state index in [9.17, 15) is 9.59 Å².